The average Bonchev–Trinajstić information content (AvgIpc) is 2.47. The van der Waals surface area contributed by atoms with Gasteiger partial charge in [0.2, 0.25) is 11.8 Å². The molecule has 0 aliphatic carbocycles. The Labute approximate surface area is 148 Å². The molecule has 5 nitrogen and oxygen atoms in total. The van der Waals surface area contributed by atoms with Gasteiger partial charge < -0.3 is 15.4 Å². The molecule has 2 amide bonds. The van der Waals surface area contributed by atoms with E-state index < -0.39 is 0 Å². The number of amides is 2. The fourth-order valence-corrected chi connectivity index (χ4v) is 2.52. The molecule has 0 spiro atoms. The third-order valence-corrected chi connectivity index (χ3v) is 3.35. The van der Waals surface area contributed by atoms with Crippen LogP contribution in [0.2, 0.25) is 0 Å². The predicted octanol–water partition coefficient (Wildman–Crippen LogP) is 4.06. The van der Waals surface area contributed by atoms with Gasteiger partial charge in [0.15, 0.2) is 0 Å². The van der Waals surface area contributed by atoms with E-state index in [1.807, 2.05) is 52.0 Å². The normalized spacial score (nSPS) is 10.4. The van der Waals surface area contributed by atoms with Crippen LogP contribution in [0.25, 0.3) is 0 Å². The van der Waals surface area contributed by atoms with Gasteiger partial charge in [0.25, 0.3) is 0 Å². The summed E-state index contributed by atoms with van der Waals surface area (Å²) in [6.07, 6.45) is -0.269. The molecule has 0 unspecified atom stereocenters. The molecule has 5 heteroatoms. The van der Waals surface area contributed by atoms with E-state index in [4.69, 9.17) is 4.74 Å². The van der Waals surface area contributed by atoms with Gasteiger partial charge >= 0.3 is 0 Å². The lowest BCUT2D eigenvalue weighted by atomic mass is 10.1. The SMILES string of the molecule is Cc1cc(C)cc(NC(=O)CC(=O)Nc2ccccc2OC(C)C)c1. The third kappa shape index (κ3) is 5.95. The molecule has 0 aliphatic rings. The lowest BCUT2D eigenvalue weighted by Crippen LogP contribution is -2.22. The first-order chi connectivity index (χ1) is 11.8. The van der Waals surface area contributed by atoms with E-state index in [1.54, 1.807) is 18.2 Å². The molecule has 0 atom stereocenters. The van der Waals surface area contributed by atoms with Crippen LogP contribution in [0, 0.1) is 13.8 Å². The second-order valence-corrected chi connectivity index (χ2v) is 6.31. The molecule has 0 heterocycles. The lowest BCUT2D eigenvalue weighted by Gasteiger charge is -2.14. The maximum Gasteiger partial charge on any atom is 0.233 e. The van der Waals surface area contributed by atoms with Crippen molar-refractivity contribution in [3.05, 3.63) is 53.6 Å². The van der Waals surface area contributed by atoms with Gasteiger partial charge in [0.05, 0.1) is 11.8 Å². The summed E-state index contributed by atoms with van der Waals surface area (Å²) in [6, 6.07) is 12.9. The maximum atomic E-state index is 12.2. The van der Waals surface area contributed by atoms with Crippen LogP contribution < -0.4 is 15.4 Å². The van der Waals surface area contributed by atoms with Crippen molar-refractivity contribution in [2.24, 2.45) is 0 Å². The predicted molar refractivity (Wildman–Crippen MR) is 100.0 cm³/mol. The van der Waals surface area contributed by atoms with Gasteiger partial charge in [-0.05, 0) is 63.1 Å². The second kappa shape index (κ2) is 8.33. The van der Waals surface area contributed by atoms with Crippen molar-refractivity contribution in [2.75, 3.05) is 10.6 Å². The first kappa shape index (κ1) is 18.5. The molecule has 0 radical (unpaired) electrons. The molecule has 0 fully saturated rings. The van der Waals surface area contributed by atoms with E-state index in [0.717, 1.165) is 11.1 Å². The molecule has 25 heavy (non-hydrogen) atoms. The van der Waals surface area contributed by atoms with Gasteiger partial charge in [-0.2, -0.15) is 0 Å². The van der Waals surface area contributed by atoms with Crippen molar-refractivity contribution in [1.82, 2.24) is 0 Å². The van der Waals surface area contributed by atoms with Crippen molar-refractivity contribution in [2.45, 2.75) is 40.2 Å². The summed E-state index contributed by atoms with van der Waals surface area (Å²) in [5.41, 5.74) is 3.36. The van der Waals surface area contributed by atoms with Crippen molar-refractivity contribution in [3.8, 4) is 5.75 Å². The maximum absolute atomic E-state index is 12.2. The molecule has 2 aromatic rings. The summed E-state index contributed by atoms with van der Waals surface area (Å²) < 4.78 is 5.66. The van der Waals surface area contributed by atoms with Crippen LogP contribution in [0.1, 0.15) is 31.4 Å². The van der Waals surface area contributed by atoms with Gasteiger partial charge in [-0.25, -0.2) is 0 Å². The van der Waals surface area contributed by atoms with Crippen LogP contribution in [0.3, 0.4) is 0 Å². The van der Waals surface area contributed by atoms with Gasteiger partial charge in [0, 0.05) is 5.69 Å². The number of ether oxygens (including phenoxy) is 1. The fraction of sp³-hybridized carbons (Fsp3) is 0.300. The number of hydrogen-bond acceptors (Lipinski definition) is 3. The summed E-state index contributed by atoms with van der Waals surface area (Å²) in [6.45, 7) is 7.74. The Balaban J connectivity index is 1.97. The molecule has 0 saturated carbocycles. The largest absolute Gasteiger partial charge is 0.489 e. The highest BCUT2D eigenvalue weighted by molar-refractivity contribution is 6.08. The van der Waals surface area contributed by atoms with Crippen LogP contribution in [0.15, 0.2) is 42.5 Å². The molecule has 0 aromatic heterocycles. The molecule has 132 valence electrons. The van der Waals surface area contributed by atoms with Gasteiger partial charge in [-0.15, -0.1) is 0 Å². The number of carbonyl (C=O) groups excluding carboxylic acids is 2. The van der Waals surface area contributed by atoms with Gasteiger partial charge in [-0.3, -0.25) is 9.59 Å². The molecule has 0 saturated heterocycles. The number of anilines is 2. The minimum Gasteiger partial charge on any atom is -0.489 e. The Morgan fingerprint density at radius 2 is 1.56 bits per heavy atom. The van der Waals surface area contributed by atoms with Crippen LogP contribution in [-0.2, 0) is 9.59 Å². The first-order valence-electron chi connectivity index (χ1n) is 8.27. The third-order valence-electron chi connectivity index (χ3n) is 3.35. The highest BCUT2D eigenvalue weighted by atomic mass is 16.5. The van der Waals surface area contributed by atoms with Crippen molar-refractivity contribution >= 4 is 23.2 Å². The van der Waals surface area contributed by atoms with Crippen molar-refractivity contribution in [1.29, 1.82) is 0 Å². The summed E-state index contributed by atoms with van der Waals surface area (Å²) in [5, 5.41) is 5.49. The first-order valence-corrected chi connectivity index (χ1v) is 8.27. The molecule has 0 bridgehead atoms. The minimum atomic E-state index is -0.387. The molecular formula is C20H24N2O3. The van der Waals surface area contributed by atoms with Crippen LogP contribution >= 0.6 is 0 Å². The van der Waals surface area contributed by atoms with Crippen LogP contribution in [0.5, 0.6) is 5.75 Å². The van der Waals surface area contributed by atoms with Crippen LogP contribution in [-0.4, -0.2) is 17.9 Å². The van der Waals surface area contributed by atoms with Crippen LogP contribution in [0.4, 0.5) is 11.4 Å². The van der Waals surface area contributed by atoms with E-state index in [9.17, 15) is 9.59 Å². The van der Waals surface area contributed by atoms with E-state index in [0.29, 0.717) is 17.1 Å². The number of para-hydroxylation sites is 2. The van der Waals surface area contributed by atoms with Crippen molar-refractivity contribution < 1.29 is 14.3 Å². The zero-order valence-electron chi connectivity index (χ0n) is 15.1. The summed E-state index contributed by atoms with van der Waals surface area (Å²) >= 11 is 0. The quantitative estimate of drug-likeness (QED) is 0.779. The van der Waals surface area contributed by atoms with Crippen molar-refractivity contribution in [3.63, 3.8) is 0 Å². The highest BCUT2D eigenvalue weighted by Crippen LogP contribution is 2.25. The standard InChI is InChI=1S/C20H24N2O3/c1-13(2)25-18-8-6-5-7-17(18)22-20(24)12-19(23)21-16-10-14(3)9-15(4)11-16/h5-11,13H,12H2,1-4H3,(H,21,23)(H,22,24). The highest BCUT2D eigenvalue weighted by Gasteiger charge is 2.13. The zero-order valence-corrected chi connectivity index (χ0v) is 15.1. The molecule has 2 rings (SSSR count). The Morgan fingerprint density at radius 3 is 2.20 bits per heavy atom. The monoisotopic (exact) mass is 340 g/mol. The Morgan fingerprint density at radius 1 is 0.960 bits per heavy atom. The average molecular weight is 340 g/mol. The Kier molecular flexibility index (Phi) is 6.17. The number of carbonyl (C=O) groups is 2. The number of hydrogen-bond donors (Lipinski definition) is 2. The van der Waals surface area contributed by atoms with Gasteiger partial charge in [-0.1, -0.05) is 18.2 Å². The molecule has 0 aliphatic heterocycles. The topological polar surface area (TPSA) is 67.4 Å². The van der Waals surface area contributed by atoms with E-state index in [2.05, 4.69) is 10.6 Å². The lowest BCUT2D eigenvalue weighted by molar-refractivity contribution is -0.123. The Bertz CT molecular complexity index is 749. The summed E-state index contributed by atoms with van der Waals surface area (Å²) in [5.74, 6) is -0.160. The summed E-state index contributed by atoms with van der Waals surface area (Å²) in [7, 11) is 0. The fourth-order valence-electron chi connectivity index (χ4n) is 2.52. The number of aryl methyl sites for hydroxylation is 2. The zero-order chi connectivity index (χ0) is 18.4. The van der Waals surface area contributed by atoms with E-state index >= 15 is 0 Å². The number of nitrogens with one attached hydrogen (secondary N) is 2. The minimum absolute atomic E-state index is 0.00842. The second-order valence-electron chi connectivity index (χ2n) is 6.31. The Hall–Kier alpha value is -2.82. The van der Waals surface area contributed by atoms with E-state index in [1.165, 1.54) is 0 Å². The summed E-state index contributed by atoms with van der Waals surface area (Å²) in [4.78, 5) is 24.3. The van der Waals surface area contributed by atoms with Gasteiger partial charge in [0.1, 0.15) is 12.2 Å². The van der Waals surface area contributed by atoms with E-state index in [-0.39, 0.29) is 24.3 Å². The molecule has 2 N–H and O–H groups in total. The molecular weight excluding hydrogens is 316 g/mol. The number of rotatable bonds is 6. The molecule has 2 aromatic carbocycles. The number of benzene rings is 2. The smallest absolute Gasteiger partial charge is 0.233 e.